The number of hydrogen-bond donors (Lipinski definition) is 1. The van der Waals surface area contributed by atoms with E-state index in [1.54, 1.807) is 24.3 Å². The molecule has 22 heavy (non-hydrogen) atoms. The molecule has 2 aromatic carbocycles. The van der Waals surface area contributed by atoms with Crippen LogP contribution in [0.2, 0.25) is 5.02 Å². The molecule has 0 aromatic heterocycles. The van der Waals surface area contributed by atoms with E-state index >= 15 is 0 Å². The predicted octanol–water partition coefficient (Wildman–Crippen LogP) is 2.99. The Morgan fingerprint density at radius 1 is 1.05 bits per heavy atom. The van der Waals surface area contributed by atoms with Crippen LogP contribution in [0.5, 0.6) is 0 Å². The molecule has 1 saturated carbocycles. The molecular weight excluding hydrogens is 325 g/mol. The van der Waals surface area contributed by atoms with Crippen LogP contribution >= 0.6 is 11.6 Å². The molecule has 0 saturated heterocycles. The number of benzene rings is 2. The number of sulfone groups is 1. The average molecular weight is 340 g/mol. The highest BCUT2D eigenvalue weighted by molar-refractivity contribution is 7.92. The van der Waals surface area contributed by atoms with E-state index in [9.17, 15) is 12.8 Å². The average Bonchev–Trinajstić information content (AvgIpc) is 3.24. The summed E-state index contributed by atoms with van der Waals surface area (Å²) < 4.78 is 38.5. The van der Waals surface area contributed by atoms with Gasteiger partial charge in [0.05, 0.1) is 10.1 Å². The summed E-state index contributed by atoms with van der Waals surface area (Å²) in [5, 5.41) is -0.0793. The molecule has 0 spiro atoms. The highest BCUT2D eigenvalue weighted by Gasteiger charge is 2.57. The molecule has 3 atom stereocenters. The molecule has 0 amide bonds. The predicted molar refractivity (Wildman–Crippen MR) is 84.1 cm³/mol. The maximum atomic E-state index is 13.0. The van der Waals surface area contributed by atoms with Gasteiger partial charge in [-0.05, 0) is 54.4 Å². The molecular formula is C16H15ClFNO2S. The van der Waals surface area contributed by atoms with Crippen molar-refractivity contribution >= 4 is 21.4 Å². The first-order valence-electron chi connectivity index (χ1n) is 6.90. The van der Waals surface area contributed by atoms with Crippen molar-refractivity contribution in [2.45, 2.75) is 16.1 Å². The molecule has 0 unspecified atom stereocenters. The highest BCUT2D eigenvalue weighted by atomic mass is 35.5. The number of halogens is 2. The van der Waals surface area contributed by atoms with Crippen molar-refractivity contribution in [2.24, 2.45) is 11.7 Å². The smallest absolute Gasteiger partial charge is 0.182 e. The molecule has 1 aliphatic rings. The molecule has 0 bridgehead atoms. The molecule has 0 heterocycles. The van der Waals surface area contributed by atoms with E-state index in [1.165, 1.54) is 24.3 Å². The van der Waals surface area contributed by atoms with Crippen LogP contribution in [0.25, 0.3) is 0 Å². The molecule has 2 aromatic rings. The lowest BCUT2D eigenvalue weighted by Crippen LogP contribution is -2.13. The quantitative estimate of drug-likeness (QED) is 0.931. The van der Waals surface area contributed by atoms with E-state index in [4.69, 9.17) is 17.3 Å². The molecule has 1 aliphatic carbocycles. The van der Waals surface area contributed by atoms with Crippen LogP contribution in [-0.2, 0) is 9.84 Å². The minimum absolute atomic E-state index is 0.147. The van der Waals surface area contributed by atoms with Gasteiger partial charge in [-0.25, -0.2) is 12.8 Å². The van der Waals surface area contributed by atoms with Crippen LogP contribution < -0.4 is 5.73 Å². The summed E-state index contributed by atoms with van der Waals surface area (Å²) in [6.45, 7) is 0.277. The molecule has 2 N–H and O–H groups in total. The van der Waals surface area contributed by atoms with Gasteiger partial charge in [-0.2, -0.15) is 0 Å². The fourth-order valence-electron chi connectivity index (χ4n) is 2.95. The van der Waals surface area contributed by atoms with Gasteiger partial charge >= 0.3 is 0 Å². The van der Waals surface area contributed by atoms with E-state index in [0.717, 1.165) is 5.56 Å². The number of nitrogens with two attached hydrogens (primary N) is 1. The molecule has 0 radical (unpaired) electrons. The fourth-order valence-corrected chi connectivity index (χ4v) is 5.30. The van der Waals surface area contributed by atoms with Gasteiger partial charge in [-0.3, -0.25) is 0 Å². The first-order chi connectivity index (χ1) is 10.4. The standard InChI is InChI=1S/C16H15ClFNO2S/c17-11-3-7-13(8-4-11)22(20,21)16-14(9-19)15(16)10-1-5-12(18)6-2-10/h1-8,14-16H,9,19H2/t14-,15-,16+/m1/s1. The first-order valence-corrected chi connectivity index (χ1v) is 8.82. The van der Waals surface area contributed by atoms with E-state index in [1.807, 2.05) is 0 Å². The second-order valence-electron chi connectivity index (χ2n) is 5.44. The van der Waals surface area contributed by atoms with Crippen molar-refractivity contribution in [3.05, 3.63) is 64.9 Å². The second-order valence-corrected chi connectivity index (χ2v) is 7.98. The van der Waals surface area contributed by atoms with Crippen molar-refractivity contribution in [3.63, 3.8) is 0 Å². The van der Waals surface area contributed by atoms with E-state index < -0.39 is 15.1 Å². The first kappa shape index (κ1) is 15.5. The lowest BCUT2D eigenvalue weighted by molar-refractivity contribution is 0.591. The van der Waals surface area contributed by atoms with Gasteiger partial charge in [0.2, 0.25) is 0 Å². The van der Waals surface area contributed by atoms with Gasteiger partial charge in [0.15, 0.2) is 9.84 Å². The Labute approximate surface area is 133 Å². The van der Waals surface area contributed by atoms with Crippen LogP contribution in [0.1, 0.15) is 11.5 Å². The van der Waals surface area contributed by atoms with Crippen molar-refractivity contribution < 1.29 is 12.8 Å². The van der Waals surface area contributed by atoms with Crippen LogP contribution in [0.3, 0.4) is 0 Å². The normalized spacial score (nSPS) is 24.2. The minimum atomic E-state index is -3.48. The summed E-state index contributed by atoms with van der Waals surface area (Å²) in [7, 11) is -3.48. The number of rotatable bonds is 4. The molecule has 3 rings (SSSR count). The van der Waals surface area contributed by atoms with E-state index in [0.29, 0.717) is 5.02 Å². The molecule has 6 heteroatoms. The third-order valence-corrected chi connectivity index (χ3v) is 6.66. The molecule has 3 nitrogen and oxygen atoms in total. The third-order valence-electron chi connectivity index (χ3n) is 4.12. The van der Waals surface area contributed by atoms with Crippen LogP contribution in [0.15, 0.2) is 53.4 Å². The Morgan fingerprint density at radius 2 is 1.64 bits per heavy atom. The van der Waals surface area contributed by atoms with Gasteiger partial charge in [0.25, 0.3) is 0 Å². The van der Waals surface area contributed by atoms with Crippen molar-refractivity contribution in [3.8, 4) is 0 Å². The summed E-state index contributed by atoms with van der Waals surface area (Å²) in [6, 6.07) is 12.1. The Balaban J connectivity index is 1.93. The summed E-state index contributed by atoms with van der Waals surface area (Å²) in [5.74, 6) is -0.678. The molecule has 116 valence electrons. The maximum Gasteiger partial charge on any atom is 0.182 e. The zero-order valence-electron chi connectivity index (χ0n) is 11.6. The summed E-state index contributed by atoms with van der Waals surface area (Å²) in [6.07, 6.45) is 0. The fraction of sp³-hybridized carbons (Fsp3) is 0.250. The Hall–Kier alpha value is -1.43. The third kappa shape index (κ3) is 2.64. The van der Waals surface area contributed by atoms with Crippen molar-refractivity contribution in [2.75, 3.05) is 6.54 Å². The molecule has 0 aliphatic heterocycles. The van der Waals surface area contributed by atoms with E-state index in [2.05, 4.69) is 0 Å². The van der Waals surface area contributed by atoms with Gasteiger partial charge in [0.1, 0.15) is 5.82 Å². The summed E-state index contributed by atoms with van der Waals surface area (Å²) in [5.41, 5.74) is 6.53. The Morgan fingerprint density at radius 3 is 2.18 bits per heavy atom. The van der Waals surface area contributed by atoms with Crippen LogP contribution in [0.4, 0.5) is 4.39 Å². The maximum absolute atomic E-state index is 13.0. The lowest BCUT2D eigenvalue weighted by Gasteiger charge is -2.04. The molecule has 1 fully saturated rings. The second kappa shape index (κ2) is 5.65. The zero-order chi connectivity index (χ0) is 15.9. The van der Waals surface area contributed by atoms with E-state index in [-0.39, 0.29) is 29.1 Å². The highest BCUT2D eigenvalue weighted by Crippen LogP contribution is 2.53. The Bertz CT molecular complexity index is 775. The van der Waals surface area contributed by atoms with Gasteiger partial charge in [0, 0.05) is 10.9 Å². The van der Waals surface area contributed by atoms with Gasteiger partial charge in [-0.1, -0.05) is 23.7 Å². The van der Waals surface area contributed by atoms with Gasteiger partial charge in [-0.15, -0.1) is 0 Å². The van der Waals surface area contributed by atoms with Crippen LogP contribution in [-0.4, -0.2) is 20.2 Å². The monoisotopic (exact) mass is 339 g/mol. The minimum Gasteiger partial charge on any atom is -0.330 e. The topological polar surface area (TPSA) is 60.2 Å². The van der Waals surface area contributed by atoms with Gasteiger partial charge < -0.3 is 5.73 Å². The van der Waals surface area contributed by atoms with Crippen LogP contribution in [0, 0.1) is 11.7 Å². The zero-order valence-corrected chi connectivity index (χ0v) is 13.2. The van der Waals surface area contributed by atoms with Crippen molar-refractivity contribution in [1.82, 2.24) is 0 Å². The largest absolute Gasteiger partial charge is 0.330 e. The lowest BCUT2D eigenvalue weighted by atomic mass is 10.1. The summed E-state index contributed by atoms with van der Waals surface area (Å²) in [4.78, 5) is 0.241. The summed E-state index contributed by atoms with van der Waals surface area (Å²) >= 11 is 5.80. The Kier molecular flexibility index (Phi) is 3.97. The number of hydrogen-bond acceptors (Lipinski definition) is 3. The SMILES string of the molecule is NC[C@@H]1[C@@H](c2ccc(F)cc2)[C@H]1S(=O)(=O)c1ccc(Cl)cc1. The van der Waals surface area contributed by atoms with Crippen molar-refractivity contribution in [1.29, 1.82) is 0 Å².